The van der Waals surface area contributed by atoms with Crippen LogP contribution in [0.5, 0.6) is 0 Å². The highest BCUT2D eigenvalue weighted by Crippen LogP contribution is 2.31. The van der Waals surface area contributed by atoms with Gasteiger partial charge in [-0.2, -0.15) is 0 Å². The maximum atomic E-state index is 6.42. The Morgan fingerprint density at radius 1 is 1.00 bits per heavy atom. The summed E-state index contributed by atoms with van der Waals surface area (Å²) in [5.41, 5.74) is 0.143. The van der Waals surface area contributed by atoms with E-state index in [1.54, 1.807) is 0 Å². The van der Waals surface area contributed by atoms with Crippen molar-refractivity contribution >= 4 is 16.4 Å². The molecule has 0 aliphatic heterocycles. The van der Waals surface area contributed by atoms with Crippen molar-refractivity contribution in [2.45, 2.75) is 77.6 Å². The number of rotatable bonds is 6. The van der Waals surface area contributed by atoms with E-state index in [0.717, 1.165) is 0 Å². The van der Waals surface area contributed by atoms with Gasteiger partial charge in [0.25, 0.3) is 0 Å². The van der Waals surface area contributed by atoms with Gasteiger partial charge >= 0.3 is 0 Å². The first kappa shape index (κ1) is 15.4. The van der Waals surface area contributed by atoms with Crippen molar-refractivity contribution in [3.05, 3.63) is 0 Å². The minimum Gasteiger partial charge on any atom is -0.413 e. The highest BCUT2D eigenvalue weighted by atomic mass is 28.4. The lowest BCUT2D eigenvalue weighted by atomic mass is 10.0. The van der Waals surface area contributed by atoms with Gasteiger partial charge in [-0.25, -0.2) is 0 Å². The van der Waals surface area contributed by atoms with Gasteiger partial charge in [0.15, 0.2) is 8.32 Å². The molecule has 0 spiro atoms. The molecular weight excluding hydrogens is 216 g/mol. The minimum absolute atomic E-state index is 0.143. The number of hydrogen-bond acceptors (Lipinski definition) is 1. The maximum Gasteiger partial charge on any atom is 0.184 e. The van der Waals surface area contributed by atoms with Gasteiger partial charge in [-0.1, -0.05) is 33.0 Å². The average Bonchev–Trinajstić information content (AvgIpc) is 1.74. The summed E-state index contributed by atoms with van der Waals surface area (Å²) in [5, 5.41) is 0. The van der Waals surface area contributed by atoms with Gasteiger partial charge in [0.05, 0.1) is 5.60 Å². The first-order chi connectivity index (χ1) is 6.47. The summed E-state index contributed by atoms with van der Waals surface area (Å²) in [6, 6.07) is 1.29. The van der Waals surface area contributed by atoms with Crippen LogP contribution < -0.4 is 0 Å². The van der Waals surface area contributed by atoms with Gasteiger partial charge in [0.1, 0.15) is 0 Å². The molecule has 1 atom stereocenters. The van der Waals surface area contributed by atoms with Crippen LogP contribution in [-0.4, -0.2) is 22.0 Å². The standard InChI is InChI=1S/C12H30OSi2/c1-9-10-12(2,11-14(3,4)5)13-15(6,7)8/h9-11H2,1-8H3. The SMILES string of the molecule is CCCC(C)(C[Si](C)(C)C)O[Si](C)(C)C. The Bertz CT molecular complexity index is 173. The van der Waals surface area contributed by atoms with Crippen molar-refractivity contribution in [2.24, 2.45) is 0 Å². The summed E-state index contributed by atoms with van der Waals surface area (Å²) in [6.07, 6.45) is 2.44. The van der Waals surface area contributed by atoms with Crippen LogP contribution in [0.3, 0.4) is 0 Å². The minimum atomic E-state index is -1.41. The normalized spacial score (nSPS) is 17.6. The molecule has 0 saturated heterocycles. The fraction of sp³-hybridized carbons (Fsp3) is 1.00. The second-order valence-corrected chi connectivity index (χ2v) is 17.1. The second-order valence-electron chi connectivity index (χ2n) is 7.15. The lowest BCUT2D eigenvalue weighted by Gasteiger charge is -2.40. The van der Waals surface area contributed by atoms with E-state index in [2.05, 4.69) is 53.1 Å². The van der Waals surface area contributed by atoms with Gasteiger partial charge < -0.3 is 4.43 Å². The van der Waals surface area contributed by atoms with Crippen LogP contribution >= 0.6 is 0 Å². The summed E-state index contributed by atoms with van der Waals surface area (Å²) in [7, 11) is -2.44. The largest absolute Gasteiger partial charge is 0.413 e. The molecule has 0 rings (SSSR count). The van der Waals surface area contributed by atoms with Crippen molar-refractivity contribution in [1.29, 1.82) is 0 Å². The first-order valence-corrected chi connectivity index (χ1v) is 13.3. The lowest BCUT2D eigenvalue weighted by molar-refractivity contribution is 0.0889. The quantitative estimate of drug-likeness (QED) is 0.615. The van der Waals surface area contributed by atoms with E-state index < -0.39 is 16.4 Å². The van der Waals surface area contributed by atoms with E-state index in [9.17, 15) is 0 Å². The molecule has 15 heavy (non-hydrogen) atoms. The molecule has 1 unspecified atom stereocenters. The third-order valence-corrected chi connectivity index (χ3v) is 5.15. The molecule has 0 aliphatic rings. The van der Waals surface area contributed by atoms with E-state index in [-0.39, 0.29) is 5.60 Å². The number of hydrogen-bond donors (Lipinski definition) is 0. The van der Waals surface area contributed by atoms with E-state index in [4.69, 9.17) is 4.43 Å². The van der Waals surface area contributed by atoms with Crippen molar-refractivity contribution in [2.75, 3.05) is 0 Å². The zero-order valence-electron chi connectivity index (χ0n) is 12.0. The van der Waals surface area contributed by atoms with Crippen molar-refractivity contribution in [1.82, 2.24) is 0 Å². The Labute approximate surface area is 98.8 Å². The summed E-state index contributed by atoms with van der Waals surface area (Å²) < 4.78 is 6.42. The maximum absolute atomic E-state index is 6.42. The van der Waals surface area contributed by atoms with E-state index in [1.165, 1.54) is 18.9 Å². The molecule has 0 radical (unpaired) electrons. The summed E-state index contributed by atoms with van der Waals surface area (Å²) in [4.78, 5) is 0. The van der Waals surface area contributed by atoms with Gasteiger partial charge in [0.2, 0.25) is 0 Å². The van der Waals surface area contributed by atoms with E-state index in [1.807, 2.05) is 0 Å². The topological polar surface area (TPSA) is 9.23 Å². The smallest absolute Gasteiger partial charge is 0.184 e. The van der Waals surface area contributed by atoms with Crippen LogP contribution in [-0.2, 0) is 4.43 Å². The van der Waals surface area contributed by atoms with Crippen LogP contribution in [0.15, 0.2) is 0 Å². The zero-order chi connectivity index (χ0) is 12.3. The van der Waals surface area contributed by atoms with Gasteiger partial charge in [-0.05, 0) is 39.0 Å². The molecule has 0 aromatic heterocycles. The van der Waals surface area contributed by atoms with Gasteiger partial charge in [-0.15, -0.1) is 0 Å². The highest BCUT2D eigenvalue weighted by molar-refractivity contribution is 6.76. The fourth-order valence-electron chi connectivity index (χ4n) is 2.57. The predicted octanol–water partition coefficient (Wildman–Crippen LogP) is 4.73. The molecule has 0 N–H and O–H groups in total. The Hall–Kier alpha value is 0.394. The molecule has 0 bridgehead atoms. The summed E-state index contributed by atoms with van der Waals surface area (Å²) >= 11 is 0. The molecular formula is C12H30OSi2. The van der Waals surface area contributed by atoms with Gasteiger partial charge in [0, 0.05) is 8.07 Å². The molecule has 92 valence electrons. The lowest BCUT2D eigenvalue weighted by Crippen LogP contribution is -2.45. The van der Waals surface area contributed by atoms with Crippen LogP contribution in [0.25, 0.3) is 0 Å². The Balaban J connectivity index is 4.59. The molecule has 3 heteroatoms. The van der Waals surface area contributed by atoms with Crippen LogP contribution in [0.1, 0.15) is 26.7 Å². The van der Waals surface area contributed by atoms with Crippen molar-refractivity contribution in [3.8, 4) is 0 Å². The second kappa shape index (κ2) is 5.15. The molecule has 0 aromatic rings. The molecule has 1 nitrogen and oxygen atoms in total. The van der Waals surface area contributed by atoms with Crippen LogP contribution in [0.4, 0.5) is 0 Å². The monoisotopic (exact) mass is 246 g/mol. The molecule has 0 heterocycles. The van der Waals surface area contributed by atoms with Crippen LogP contribution in [0.2, 0.25) is 45.3 Å². The van der Waals surface area contributed by atoms with Gasteiger partial charge in [-0.3, -0.25) is 0 Å². The zero-order valence-corrected chi connectivity index (χ0v) is 14.0. The Morgan fingerprint density at radius 2 is 1.47 bits per heavy atom. The fourth-order valence-corrected chi connectivity index (χ4v) is 6.85. The van der Waals surface area contributed by atoms with Crippen LogP contribution in [0, 0.1) is 0 Å². The van der Waals surface area contributed by atoms with Crippen molar-refractivity contribution in [3.63, 3.8) is 0 Å². The van der Waals surface area contributed by atoms with E-state index in [0.29, 0.717) is 0 Å². The molecule has 0 fully saturated rings. The molecule has 0 amide bonds. The summed E-state index contributed by atoms with van der Waals surface area (Å²) in [5.74, 6) is 0. The van der Waals surface area contributed by atoms with Crippen molar-refractivity contribution < 1.29 is 4.43 Å². The first-order valence-electron chi connectivity index (χ1n) is 6.18. The van der Waals surface area contributed by atoms with E-state index >= 15 is 0 Å². The molecule has 0 saturated carbocycles. The third kappa shape index (κ3) is 8.23. The molecule has 0 aromatic carbocycles. The third-order valence-electron chi connectivity index (χ3n) is 2.24. The Kier molecular flexibility index (Phi) is 5.28. The molecule has 0 aliphatic carbocycles. The highest BCUT2D eigenvalue weighted by Gasteiger charge is 2.34. The summed E-state index contributed by atoms with van der Waals surface area (Å²) in [6.45, 7) is 18.8. The average molecular weight is 247 g/mol. The predicted molar refractivity (Wildman–Crippen MR) is 75.9 cm³/mol. The Morgan fingerprint density at radius 3 is 1.73 bits per heavy atom.